The lowest BCUT2D eigenvalue weighted by Gasteiger charge is -2.34. The molecule has 7 heteroatoms. The second kappa shape index (κ2) is 11.3. The predicted molar refractivity (Wildman–Crippen MR) is 103 cm³/mol. The highest BCUT2D eigenvalue weighted by molar-refractivity contribution is 6.30. The first-order chi connectivity index (χ1) is 11.6. The van der Waals surface area contributed by atoms with Gasteiger partial charge < -0.3 is 15.5 Å². The molecular weight excluding hydrogens is 361 g/mol. The van der Waals surface area contributed by atoms with Gasteiger partial charge in [-0.25, -0.2) is 0 Å². The standard InChI is InChI=1S/C18H26ClN3O2.ClH/c19-16-8-6-15(7-9-16)13-21-11-12-22(14-18(21)24)17(23)5-3-1-2-4-10-20;/h6-9H,1-5,10-14,20H2;1H. The van der Waals surface area contributed by atoms with Crippen LogP contribution in [0.25, 0.3) is 0 Å². The van der Waals surface area contributed by atoms with Gasteiger partial charge in [-0.15, -0.1) is 12.4 Å². The van der Waals surface area contributed by atoms with E-state index in [1.807, 2.05) is 24.3 Å². The summed E-state index contributed by atoms with van der Waals surface area (Å²) in [6, 6.07) is 7.50. The third-order valence-corrected chi connectivity index (χ3v) is 4.55. The molecule has 0 spiro atoms. The lowest BCUT2D eigenvalue weighted by Crippen LogP contribution is -2.51. The minimum atomic E-state index is 0. The van der Waals surface area contributed by atoms with Gasteiger partial charge in [0.1, 0.15) is 0 Å². The van der Waals surface area contributed by atoms with Crippen LogP contribution in [-0.4, -0.2) is 47.8 Å². The van der Waals surface area contributed by atoms with Crippen molar-refractivity contribution in [3.05, 3.63) is 34.9 Å². The zero-order valence-electron chi connectivity index (χ0n) is 14.5. The largest absolute Gasteiger partial charge is 0.335 e. The Labute approximate surface area is 160 Å². The molecule has 0 unspecified atom stereocenters. The monoisotopic (exact) mass is 387 g/mol. The SMILES string of the molecule is Cl.NCCCCCCC(=O)N1CCN(Cc2ccc(Cl)cc2)C(=O)C1. The van der Waals surface area contributed by atoms with Crippen LogP contribution in [0, 0.1) is 0 Å². The van der Waals surface area contributed by atoms with E-state index in [0.717, 1.165) is 31.2 Å². The van der Waals surface area contributed by atoms with Crippen LogP contribution in [0.5, 0.6) is 0 Å². The van der Waals surface area contributed by atoms with E-state index in [1.54, 1.807) is 9.80 Å². The predicted octanol–water partition coefficient (Wildman–Crippen LogP) is 2.84. The van der Waals surface area contributed by atoms with Crippen LogP contribution in [-0.2, 0) is 16.1 Å². The molecule has 5 nitrogen and oxygen atoms in total. The average Bonchev–Trinajstić information content (AvgIpc) is 2.58. The lowest BCUT2D eigenvalue weighted by molar-refractivity contribution is -0.145. The van der Waals surface area contributed by atoms with Gasteiger partial charge in [0, 0.05) is 31.1 Å². The van der Waals surface area contributed by atoms with Gasteiger partial charge >= 0.3 is 0 Å². The number of nitrogens with zero attached hydrogens (tertiary/aromatic N) is 2. The molecule has 140 valence electrons. The molecule has 1 saturated heterocycles. The Morgan fingerprint density at radius 1 is 1.08 bits per heavy atom. The number of rotatable bonds is 8. The van der Waals surface area contributed by atoms with Crippen LogP contribution in [0.4, 0.5) is 0 Å². The third-order valence-electron chi connectivity index (χ3n) is 4.30. The Bertz CT molecular complexity index is 552. The number of carbonyl (C=O) groups is 2. The normalized spacial score (nSPS) is 14.4. The first kappa shape index (κ1) is 21.7. The number of amides is 2. The maximum atomic E-state index is 12.3. The summed E-state index contributed by atoms with van der Waals surface area (Å²) in [7, 11) is 0. The summed E-state index contributed by atoms with van der Waals surface area (Å²) in [5.74, 6) is 0.0925. The summed E-state index contributed by atoms with van der Waals surface area (Å²) in [6.07, 6.45) is 4.49. The molecule has 0 saturated carbocycles. The number of carbonyl (C=O) groups excluding carboxylic acids is 2. The fourth-order valence-corrected chi connectivity index (χ4v) is 2.96. The quantitative estimate of drug-likeness (QED) is 0.697. The van der Waals surface area contributed by atoms with E-state index < -0.39 is 0 Å². The van der Waals surface area contributed by atoms with E-state index in [-0.39, 0.29) is 30.8 Å². The van der Waals surface area contributed by atoms with E-state index >= 15 is 0 Å². The van der Waals surface area contributed by atoms with Crippen molar-refractivity contribution < 1.29 is 9.59 Å². The van der Waals surface area contributed by atoms with Crippen molar-refractivity contribution >= 4 is 35.8 Å². The Hall–Kier alpha value is -1.30. The van der Waals surface area contributed by atoms with Gasteiger partial charge in [0.15, 0.2) is 0 Å². The summed E-state index contributed by atoms with van der Waals surface area (Å²) in [6.45, 7) is 2.66. The lowest BCUT2D eigenvalue weighted by atomic mass is 10.1. The van der Waals surface area contributed by atoms with E-state index in [2.05, 4.69) is 0 Å². The van der Waals surface area contributed by atoms with Crippen molar-refractivity contribution in [1.29, 1.82) is 0 Å². The molecule has 1 aliphatic rings. The van der Waals surface area contributed by atoms with Crippen LogP contribution in [0.15, 0.2) is 24.3 Å². The number of piperazine rings is 1. The third kappa shape index (κ3) is 7.22. The molecule has 1 aromatic carbocycles. The number of hydrogen-bond acceptors (Lipinski definition) is 3. The van der Waals surface area contributed by atoms with Crippen LogP contribution in [0.3, 0.4) is 0 Å². The minimum Gasteiger partial charge on any atom is -0.335 e. The fraction of sp³-hybridized carbons (Fsp3) is 0.556. The van der Waals surface area contributed by atoms with Gasteiger partial charge in [0.25, 0.3) is 0 Å². The van der Waals surface area contributed by atoms with Gasteiger partial charge in [-0.05, 0) is 37.1 Å². The van der Waals surface area contributed by atoms with E-state index in [9.17, 15) is 9.59 Å². The highest BCUT2D eigenvalue weighted by Crippen LogP contribution is 2.14. The summed E-state index contributed by atoms with van der Waals surface area (Å²) >= 11 is 5.88. The highest BCUT2D eigenvalue weighted by atomic mass is 35.5. The second-order valence-electron chi connectivity index (χ2n) is 6.21. The van der Waals surface area contributed by atoms with Crippen molar-refractivity contribution in [2.45, 2.75) is 38.6 Å². The Morgan fingerprint density at radius 2 is 1.76 bits per heavy atom. The number of halogens is 2. The summed E-state index contributed by atoms with van der Waals surface area (Å²) < 4.78 is 0. The summed E-state index contributed by atoms with van der Waals surface area (Å²) in [4.78, 5) is 28.0. The van der Waals surface area contributed by atoms with Crippen LogP contribution in [0.2, 0.25) is 5.02 Å². The second-order valence-corrected chi connectivity index (χ2v) is 6.65. The van der Waals surface area contributed by atoms with Crippen LogP contribution < -0.4 is 5.73 Å². The Balaban J connectivity index is 0.00000312. The molecule has 2 amide bonds. The summed E-state index contributed by atoms with van der Waals surface area (Å²) in [5, 5.41) is 0.687. The number of benzene rings is 1. The maximum Gasteiger partial charge on any atom is 0.242 e. The minimum absolute atomic E-state index is 0. The molecule has 0 radical (unpaired) electrons. The molecule has 1 heterocycles. The van der Waals surface area contributed by atoms with Crippen LogP contribution >= 0.6 is 24.0 Å². The molecule has 0 atom stereocenters. The zero-order chi connectivity index (χ0) is 17.4. The van der Waals surface area contributed by atoms with Crippen molar-refractivity contribution in [1.82, 2.24) is 9.80 Å². The van der Waals surface area contributed by atoms with E-state index in [1.165, 1.54) is 0 Å². The molecule has 0 bridgehead atoms. The number of hydrogen-bond donors (Lipinski definition) is 1. The fourth-order valence-electron chi connectivity index (χ4n) is 2.83. The molecule has 2 rings (SSSR count). The molecule has 2 N–H and O–H groups in total. The molecule has 0 aliphatic carbocycles. The van der Waals surface area contributed by atoms with Gasteiger partial charge in [0.2, 0.25) is 11.8 Å². The molecule has 1 fully saturated rings. The van der Waals surface area contributed by atoms with Crippen molar-refractivity contribution in [3.8, 4) is 0 Å². The Morgan fingerprint density at radius 3 is 2.40 bits per heavy atom. The smallest absolute Gasteiger partial charge is 0.242 e. The van der Waals surface area contributed by atoms with Gasteiger partial charge in [-0.3, -0.25) is 9.59 Å². The molecule has 25 heavy (non-hydrogen) atoms. The summed E-state index contributed by atoms with van der Waals surface area (Å²) in [5.41, 5.74) is 6.50. The topological polar surface area (TPSA) is 66.6 Å². The van der Waals surface area contributed by atoms with Gasteiger partial charge in [-0.2, -0.15) is 0 Å². The first-order valence-electron chi connectivity index (χ1n) is 8.60. The van der Waals surface area contributed by atoms with E-state index in [4.69, 9.17) is 17.3 Å². The average molecular weight is 388 g/mol. The number of unbranched alkanes of at least 4 members (excludes halogenated alkanes) is 3. The molecule has 1 aliphatic heterocycles. The van der Waals surface area contributed by atoms with E-state index in [0.29, 0.717) is 37.6 Å². The van der Waals surface area contributed by atoms with Gasteiger partial charge in [0.05, 0.1) is 6.54 Å². The molecular formula is C18H27Cl2N3O2. The van der Waals surface area contributed by atoms with Crippen molar-refractivity contribution in [2.75, 3.05) is 26.2 Å². The van der Waals surface area contributed by atoms with Crippen molar-refractivity contribution in [2.24, 2.45) is 5.73 Å². The zero-order valence-corrected chi connectivity index (χ0v) is 16.0. The highest BCUT2D eigenvalue weighted by Gasteiger charge is 2.26. The molecule has 0 aromatic heterocycles. The number of nitrogens with two attached hydrogens (primary N) is 1. The first-order valence-corrected chi connectivity index (χ1v) is 8.98. The molecule has 1 aromatic rings. The van der Waals surface area contributed by atoms with Crippen LogP contribution in [0.1, 0.15) is 37.7 Å². The maximum absolute atomic E-state index is 12.3. The van der Waals surface area contributed by atoms with Crippen molar-refractivity contribution in [3.63, 3.8) is 0 Å². The Kier molecular flexibility index (Phi) is 9.86. The van der Waals surface area contributed by atoms with Gasteiger partial charge in [-0.1, -0.05) is 36.6 Å².